The van der Waals surface area contributed by atoms with E-state index in [4.69, 9.17) is 4.98 Å². The van der Waals surface area contributed by atoms with E-state index in [1.54, 1.807) is 0 Å². The summed E-state index contributed by atoms with van der Waals surface area (Å²) in [5.74, 6) is 0.754. The fraction of sp³-hybridized carbons (Fsp3) is 0.0238. The van der Waals surface area contributed by atoms with Crippen molar-refractivity contribution in [2.45, 2.75) is 6.92 Å². The van der Waals surface area contributed by atoms with Gasteiger partial charge in [0.1, 0.15) is 5.82 Å². The molecule has 0 amide bonds. The molecule has 0 unspecified atom stereocenters. The Morgan fingerprint density at radius 3 is 1.51 bits per heavy atom. The maximum absolute atomic E-state index is 5.13. The van der Waals surface area contributed by atoms with E-state index in [0.717, 1.165) is 56.2 Å². The molecule has 0 aliphatic rings. The molecule has 0 fully saturated rings. The average molecular weight is 576 g/mol. The predicted molar refractivity (Wildman–Crippen MR) is 187 cm³/mol. The lowest BCUT2D eigenvalue weighted by molar-refractivity contribution is 1.06. The third kappa shape index (κ3) is 5.15. The van der Waals surface area contributed by atoms with Crippen LogP contribution in [0.5, 0.6) is 0 Å². The smallest absolute Gasteiger partial charge is 0.125 e. The number of aryl methyl sites for hydroxylation is 1. The zero-order valence-electron chi connectivity index (χ0n) is 24.9. The van der Waals surface area contributed by atoms with Gasteiger partial charge in [-0.05, 0) is 92.7 Å². The molecular weight excluding hydrogens is 546 g/mol. The summed E-state index contributed by atoms with van der Waals surface area (Å²) in [4.78, 5) is 14.2. The number of hydrogen-bond acceptors (Lipinski definition) is 3. The molecule has 0 spiro atoms. The Kier molecular flexibility index (Phi) is 6.69. The molecule has 8 rings (SSSR count). The van der Waals surface area contributed by atoms with E-state index < -0.39 is 0 Å². The summed E-state index contributed by atoms with van der Waals surface area (Å²) in [6.45, 7) is 1.92. The van der Waals surface area contributed by atoms with Crippen molar-refractivity contribution in [2.24, 2.45) is 0 Å². The third-order valence-electron chi connectivity index (χ3n) is 8.42. The standard InChI is InChI=1S/C42H29N3/c1-28-43-26-36(27-44-28)33-20-32(21-35(22-33)40-23-31-16-8-9-17-37(31)38-18-10-11-19-39(38)40)34-24-41(29-12-4-2-5-13-29)45-42(25-34)30-14-6-3-7-15-30/h2-27H,1H3. The summed E-state index contributed by atoms with van der Waals surface area (Å²) in [6, 6.07) is 51.7. The molecule has 8 aromatic rings. The van der Waals surface area contributed by atoms with Crippen LogP contribution in [0.25, 0.3) is 77.4 Å². The Bertz CT molecular complexity index is 2250. The number of benzene rings is 6. The highest BCUT2D eigenvalue weighted by Crippen LogP contribution is 2.40. The lowest BCUT2D eigenvalue weighted by atomic mass is 9.89. The minimum Gasteiger partial charge on any atom is -0.248 e. The number of hydrogen-bond donors (Lipinski definition) is 0. The van der Waals surface area contributed by atoms with E-state index in [-0.39, 0.29) is 0 Å². The lowest BCUT2D eigenvalue weighted by Crippen LogP contribution is -1.93. The lowest BCUT2D eigenvalue weighted by Gasteiger charge is -2.16. The SMILES string of the molecule is Cc1ncc(-c2cc(-c3cc(-c4ccccc4)nc(-c4ccccc4)c3)cc(-c3cc4ccccc4c4ccccc34)c2)cn1. The van der Waals surface area contributed by atoms with Gasteiger partial charge >= 0.3 is 0 Å². The molecule has 6 aromatic carbocycles. The maximum atomic E-state index is 5.13. The zero-order chi connectivity index (χ0) is 30.2. The Morgan fingerprint density at radius 1 is 0.378 bits per heavy atom. The van der Waals surface area contributed by atoms with Gasteiger partial charge in [0.2, 0.25) is 0 Å². The second kappa shape index (κ2) is 11.3. The van der Waals surface area contributed by atoms with Crippen LogP contribution in [0.2, 0.25) is 0 Å². The van der Waals surface area contributed by atoms with Crippen LogP contribution >= 0.6 is 0 Å². The molecule has 3 nitrogen and oxygen atoms in total. The highest BCUT2D eigenvalue weighted by Gasteiger charge is 2.15. The monoisotopic (exact) mass is 575 g/mol. The second-order valence-corrected chi connectivity index (χ2v) is 11.4. The fourth-order valence-electron chi connectivity index (χ4n) is 6.16. The molecule has 3 heteroatoms. The van der Waals surface area contributed by atoms with Gasteiger partial charge in [0, 0.05) is 29.1 Å². The van der Waals surface area contributed by atoms with Crippen LogP contribution in [0, 0.1) is 6.92 Å². The predicted octanol–water partition coefficient (Wildman–Crippen LogP) is 10.8. The first-order valence-corrected chi connectivity index (χ1v) is 15.2. The summed E-state index contributed by atoms with van der Waals surface area (Å²) < 4.78 is 0. The Labute approximate surface area is 262 Å². The van der Waals surface area contributed by atoms with E-state index in [0.29, 0.717) is 0 Å². The molecular formula is C42H29N3. The maximum Gasteiger partial charge on any atom is 0.125 e. The van der Waals surface area contributed by atoms with Crippen LogP contribution < -0.4 is 0 Å². The number of rotatable bonds is 5. The van der Waals surface area contributed by atoms with Crippen molar-refractivity contribution in [3.63, 3.8) is 0 Å². The summed E-state index contributed by atoms with van der Waals surface area (Å²) in [6.07, 6.45) is 3.84. The summed E-state index contributed by atoms with van der Waals surface area (Å²) in [7, 11) is 0. The summed E-state index contributed by atoms with van der Waals surface area (Å²) >= 11 is 0. The van der Waals surface area contributed by atoms with Crippen LogP contribution in [0.3, 0.4) is 0 Å². The Morgan fingerprint density at radius 2 is 0.867 bits per heavy atom. The summed E-state index contributed by atoms with van der Waals surface area (Å²) in [5.41, 5.74) is 10.6. The molecule has 0 aliphatic carbocycles. The van der Waals surface area contributed by atoms with E-state index in [9.17, 15) is 0 Å². The zero-order valence-corrected chi connectivity index (χ0v) is 24.9. The van der Waals surface area contributed by atoms with E-state index >= 15 is 0 Å². The van der Waals surface area contributed by atoms with Gasteiger partial charge < -0.3 is 0 Å². The van der Waals surface area contributed by atoms with Gasteiger partial charge in [-0.1, -0.05) is 109 Å². The molecule has 0 N–H and O–H groups in total. The van der Waals surface area contributed by atoms with E-state index in [1.165, 1.54) is 27.1 Å². The molecule has 0 bridgehead atoms. The number of fused-ring (bicyclic) bond motifs is 3. The minimum atomic E-state index is 0.754. The van der Waals surface area contributed by atoms with Gasteiger partial charge in [-0.15, -0.1) is 0 Å². The molecule has 2 aromatic heterocycles. The first-order valence-electron chi connectivity index (χ1n) is 15.2. The molecule has 0 atom stereocenters. The molecule has 212 valence electrons. The third-order valence-corrected chi connectivity index (χ3v) is 8.42. The first-order chi connectivity index (χ1) is 22.2. The second-order valence-electron chi connectivity index (χ2n) is 11.4. The molecule has 45 heavy (non-hydrogen) atoms. The molecule has 0 radical (unpaired) electrons. The minimum absolute atomic E-state index is 0.754. The molecule has 0 saturated heterocycles. The number of pyridine rings is 1. The van der Waals surface area contributed by atoms with E-state index in [2.05, 4.69) is 143 Å². The summed E-state index contributed by atoms with van der Waals surface area (Å²) in [5, 5.41) is 4.95. The highest BCUT2D eigenvalue weighted by molar-refractivity contribution is 6.14. The normalized spacial score (nSPS) is 11.2. The molecule has 2 heterocycles. The van der Waals surface area contributed by atoms with Crippen molar-refractivity contribution < 1.29 is 0 Å². The average Bonchev–Trinajstić information content (AvgIpc) is 3.12. The van der Waals surface area contributed by atoms with Gasteiger partial charge in [-0.3, -0.25) is 0 Å². The van der Waals surface area contributed by atoms with Crippen LogP contribution in [0.1, 0.15) is 5.82 Å². The topological polar surface area (TPSA) is 38.7 Å². The Balaban J connectivity index is 1.41. The van der Waals surface area contributed by atoms with Gasteiger partial charge in [0.05, 0.1) is 11.4 Å². The van der Waals surface area contributed by atoms with Crippen LogP contribution in [0.4, 0.5) is 0 Å². The quantitative estimate of drug-likeness (QED) is 0.192. The van der Waals surface area contributed by atoms with Gasteiger partial charge in [-0.2, -0.15) is 0 Å². The van der Waals surface area contributed by atoms with Crippen molar-refractivity contribution in [3.05, 3.63) is 164 Å². The Hall–Kier alpha value is -5.93. The highest BCUT2D eigenvalue weighted by atomic mass is 14.8. The van der Waals surface area contributed by atoms with Gasteiger partial charge in [0.15, 0.2) is 0 Å². The van der Waals surface area contributed by atoms with Crippen LogP contribution in [-0.4, -0.2) is 15.0 Å². The molecule has 0 saturated carbocycles. The first kappa shape index (κ1) is 26.7. The van der Waals surface area contributed by atoms with Crippen molar-refractivity contribution in [1.29, 1.82) is 0 Å². The van der Waals surface area contributed by atoms with Crippen molar-refractivity contribution in [3.8, 4) is 55.9 Å². The van der Waals surface area contributed by atoms with Crippen LogP contribution in [-0.2, 0) is 0 Å². The molecule has 0 aliphatic heterocycles. The van der Waals surface area contributed by atoms with Crippen molar-refractivity contribution in [1.82, 2.24) is 15.0 Å². The number of nitrogens with zero attached hydrogens (tertiary/aromatic N) is 3. The fourth-order valence-corrected chi connectivity index (χ4v) is 6.16. The van der Waals surface area contributed by atoms with Gasteiger partial charge in [-0.25, -0.2) is 15.0 Å². The largest absolute Gasteiger partial charge is 0.248 e. The van der Waals surface area contributed by atoms with E-state index in [1.807, 2.05) is 31.5 Å². The van der Waals surface area contributed by atoms with Gasteiger partial charge in [0.25, 0.3) is 0 Å². The van der Waals surface area contributed by atoms with Crippen molar-refractivity contribution >= 4 is 21.5 Å². The van der Waals surface area contributed by atoms with Crippen LogP contribution in [0.15, 0.2) is 158 Å². The van der Waals surface area contributed by atoms with Crippen molar-refractivity contribution in [2.75, 3.05) is 0 Å². The number of aromatic nitrogens is 3.